The minimum Gasteiger partial charge on any atom is -0.458 e. The number of fused-ring (bicyclic) bond motifs is 1. The summed E-state index contributed by atoms with van der Waals surface area (Å²) in [6, 6.07) is 3.95. The molecule has 0 spiro atoms. The lowest BCUT2D eigenvalue weighted by atomic mass is 9.73. The van der Waals surface area contributed by atoms with Gasteiger partial charge < -0.3 is 14.9 Å². The van der Waals surface area contributed by atoms with Crippen molar-refractivity contribution in [1.82, 2.24) is 4.98 Å². The summed E-state index contributed by atoms with van der Waals surface area (Å²) in [6.07, 6.45) is 5.96. The van der Waals surface area contributed by atoms with Gasteiger partial charge in [0.15, 0.2) is 0 Å². The Morgan fingerprint density at radius 1 is 1.11 bits per heavy atom. The van der Waals surface area contributed by atoms with Crippen LogP contribution in [0, 0.1) is 36.0 Å². The van der Waals surface area contributed by atoms with Crippen LogP contribution in [-0.4, -0.2) is 45.3 Å². The number of ketones is 1. The number of esters is 1. The minimum absolute atomic E-state index is 0.00287. The zero-order chi connectivity index (χ0) is 25.9. The number of hydrogen-bond acceptors (Lipinski definition) is 6. The number of aryl methyl sites for hydroxylation is 1. The summed E-state index contributed by atoms with van der Waals surface area (Å²) in [5, 5.41) is 21.7. The lowest BCUT2D eigenvalue weighted by Gasteiger charge is -2.34. The van der Waals surface area contributed by atoms with E-state index in [1.165, 1.54) is 0 Å². The van der Waals surface area contributed by atoms with E-state index in [1.807, 2.05) is 45.2 Å². The zero-order valence-electron chi connectivity index (χ0n) is 22.2. The van der Waals surface area contributed by atoms with Crippen LogP contribution in [0.3, 0.4) is 0 Å². The number of aromatic nitrogens is 1. The second kappa shape index (κ2) is 11.3. The average Bonchev–Trinajstić information content (AvgIpc) is 3.55. The number of hydrogen-bond donors (Lipinski definition) is 2. The predicted octanol–water partition coefficient (Wildman–Crippen LogP) is 4.89. The van der Waals surface area contributed by atoms with E-state index in [9.17, 15) is 19.8 Å². The molecule has 1 aromatic heterocycles. The molecule has 6 heteroatoms. The van der Waals surface area contributed by atoms with Crippen molar-refractivity contribution in [2.45, 2.75) is 98.4 Å². The van der Waals surface area contributed by atoms with Crippen LogP contribution < -0.4 is 0 Å². The van der Waals surface area contributed by atoms with Crippen molar-refractivity contribution in [1.29, 1.82) is 0 Å². The first-order valence-corrected chi connectivity index (χ1v) is 13.1. The molecular weight excluding hydrogens is 442 g/mol. The molecule has 2 aliphatic rings. The third kappa shape index (κ3) is 7.01. The largest absolute Gasteiger partial charge is 0.458 e. The summed E-state index contributed by atoms with van der Waals surface area (Å²) < 4.78 is 5.91. The quantitative estimate of drug-likeness (QED) is 0.579. The highest BCUT2D eigenvalue weighted by Crippen LogP contribution is 2.47. The summed E-state index contributed by atoms with van der Waals surface area (Å²) in [4.78, 5) is 30.6. The summed E-state index contributed by atoms with van der Waals surface area (Å²) >= 11 is 0. The van der Waals surface area contributed by atoms with Crippen molar-refractivity contribution in [2.75, 3.05) is 0 Å². The van der Waals surface area contributed by atoms with Gasteiger partial charge in [-0.1, -0.05) is 46.6 Å². The van der Waals surface area contributed by atoms with Gasteiger partial charge in [0.25, 0.3) is 0 Å². The number of aliphatic hydroxyl groups is 2. The fourth-order valence-corrected chi connectivity index (χ4v) is 5.34. The molecule has 6 nitrogen and oxygen atoms in total. The number of rotatable bonds is 2. The number of Topliss-reactive ketones (excluding diaryl/α,β-unsaturated/α-hetero) is 1. The topological polar surface area (TPSA) is 96.7 Å². The van der Waals surface area contributed by atoms with Gasteiger partial charge >= 0.3 is 5.97 Å². The Balaban J connectivity index is 1.82. The van der Waals surface area contributed by atoms with Crippen molar-refractivity contribution in [2.24, 2.45) is 29.1 Å². The van der Waals surface area contributed by atoms with Gasteiger partial charge in [-0.25, -0.2) is 0 Å². The molecule has 2 heterocycles. The molecule has 35 heavy (non-hydrogen) atoms. The monoisotopic (exact) mass is 485 g/mol. The fourth-order valence-electron chi connectivity index (χ4n) is 5.34. The minimum atomic E-state index is -1.20. The Kier molecular flexibility index (Phi) is 8.92. The standard InChI is InChI=1S/C29H43NO5/c1-17-10-11-23(30-16-17)12-19(3)24-14-22-13-21(22)9-7-8-18(2)27(33)20(4)28(34)29(5,6)25(31)15-26(32)35-24/h10-12,16,18,20-22,24-25,27,31,33H,7-9,13-15H2,1-6H3/b19-12+/t18-,20+,21+,22-,24+,25-,27?/m0/s1. The first-order chi connectivity index (χ1) is 16.4. The first-order valence-electron chi connectivity index (χ1n) is 13.1. The Hall–Kier alpha value is -2.05. The van der Waals surface area contributed by atoms with E-state index >= 15 is 0 Å². The van der Waals surface area contributed by atoms with Gasteiger partial charge in [0.2, 0.25) is 0 Å². The second-order valence-electron chi connectivity index (χ2n) is 11.6. The van der Waals surface area contributed by atoms with E-state index in [2.05, 4.69) is 4.98 Å². The maximum Gasteiger partial charge on any atom is 0.309 e. The number of cyclic esters (lactones) is 1. The third-order valence-corrected chi connectivity index (χ3v) is 8.25. The molecule has 1 unspecified atom stereocenters. The van der Waals surface area contributed by atoms with Crippen molar-refractivity contribution in [3.05, 3.63) is 35.2 Å². The Morgan fingerprint density at radius 3 is 2.49 bits per heavy atom. The highest BCUT2D eigenvalue weighted by atomic mass is 16.5. The summed E-state index contributed by atoms with van der Waals surface area (Å²) in [7, 11) is 0. The SMILES string of the molecule is C/C(=C\c1ccc(C)cn1)[C@H]1C[C@@H]2C[C@H]2CCC[C@H](C)C(O)[C@@H](C)C(=O)C(C)(C)[C@@H](O)CC(=O)O1. The third-order valence-electron chi connectivity index (χ3n) is 8.25. The molecule has 0 aromatic carbocycles. The van der Waals surface area contributed by atoms with Crippen LogP contribution in [0.15, 0.2) is 23.9 Å². The van der Waals surface area contributed by atoms with E-state index < -0.39 is 29.5 Å². The summed E-state index contributed by atoms with van der Waals surface area (Å²) in [5.74, 6) is -0.271. The number of pyridine rings is 1. The molecule has 2 fully saturated rings. The molecule has 7 atom stereocenters. The van der Waals surface area contributed by atoms with Gasteiger partial charge in [0.1, 0.15) is 11.9 Å². The summed E-state index contributed by atoms with van der Waals surface area (Å²) in [5.41, 5.74) is 1.65. The van der Waals surface area contributed by atoms with Crippen molar-refractivity contribution in [3.63, 3.8) is 0 Å². The summed E-state index contributed by atoms with van der Waals surface area (Å²) in [6.45, 7) is 11.0. The number of carbonyl (C=O) groups excluding carboxylic acids is 2. The molecule has 1 saturated heterocycles. The molecular formula is C29H43NO5. The van der Waals surface area contributed by atoms with E-state index in [0.29, 0.717) is 11.8 Å². The molecule has 1 saturated carbocycles. The van der Waals surface area contributed by atoms with Crippen LogP contribution in [0.4, 0.5) is 0 Å². The Bertz CT molecular complexity index is 922. The molecule has 0 radical (unpaired) electrons. The lowest BCUT2D eigenvalue weighted by molar-refractivity contribution is -0.154. The molecule has 0 bridgehead atoms. The first kappa shape index (κ1) is 27.5. The van der Waals surface area contributed by atoms with Crippen LogP contribution >= 0.6 is 0 Å². The highest BCUT2D eigenvalue weighted by molar-refractivity contribution is 5.88. The van der Waals surface area contributed by atoms with E-state index in [1.54, 1.807) is 20.8 Å². The van der Waals surface area contributed by atoms with Gasteiger partial charge in [-0.2, -0.15) is 0 Å². The van der Waals surface area contributed by atoms with Gasteiger partial charge in [-0.15, -0.1) is 0 Å². The molecule has 1 aliphatic carbocycles. The van der Waals surface area contributed by atoms with Crippen molar-refractivity contribution < 1.29 is 24.5 Å². The number of carbonyl (C=O) groups is 2. The number of ether oxygens (including phenoxy) is 1. The molecule has 194 valence electrons. The van der Waals surface area contributed by atoms with Crippen LogP contribution in [0.2, 0.25) is 0 Å². The van der Waals surface area contributed by atoms with Gasteiger partial charge in [0.05, 0.1) is 29.7 Å². The van der Waals surface area contributed by atoms with Gasteiger partial charge in [-0.05, 0) is 74.1 Å². The average molecular weight is 486 g/mol. The van der Waals surface area contributed by atoms with Gasteiger partial charge in [-0.3, -0.25) is 14.6 Å². The fraction of sp³-hybridized carbons (Fsp3) is 0.690. The number of aliphatic hydroxyl groups excluding tert-OH is 2. The van der Waals surface area contributed by atoms with E-state index in [4.69, 9.17) is 4.74 Å². The molecule has 3 rings (SSSR count). The van der Waals surface area contributed by atoms with Gasteiger partial charge in [0, 0.05) is 12.1 Å². The predicted molar refractivity (Wildman–Crippen MR) is 136 cm³/mol. The Morgan fingerprint density at radius 2 is 1.83 bits per heavy atom. The molecule has 1 aromatic rings. The lowest BCUT2D eigenvalue weighted by Crippen LogP contribution is -2.45. The Labute approximate surface area is 210 Å². The zero-order valence-corrected chi connectivity index (χ0v) is 22.2. The second-order valence-corrected chi connectivity index (χ2v) is 11.6. The molecule has 1 aliphatic heterocycles. The van der Waals surface area contributed by atoms with Crippen molar-refractivity contribution >= 4 is 17.8 Å². The van der Waals surface area contributed by atoms with Crippen LogP contribution in [0.5, 0.6) is 0 Å². The van der Waals surface area contributed by atoms with E-state index in [-0.39, 0.29) is 24.2 Å². The maximum absolute atomic E-state index is 13.2. The number of nitrogens with zero attached hydrogens (tertiary/aromatic N) is 1. The maximum atomic E-state index is 13.2. The van der Waals surface area contributed by atoms with Crippen LogP contribution in [0.25, 0.3) is 6.08 Å². The normalized spacial score (nSPS) is 35.2. The smallest absolute Gasteiger partial charge is 0.309 e. The molecule has 2 N–H and O–H groups in total. The highest BCUT2D eigenvalue weighted by Gasteiger charge is 2.43. The van der Waals surface area contributed by atoms with Crippen LogP contribution in [-0.2, 0) is 14.3 Å². The van der Waals surface area contributed by atoms with Crippen molar-refractivity contribution in [3.8, 4) is 0 Å². The molecule has 0 amide bonds. The van der Waals surface area contributed by atoms with E-state index in [0.717, 1.165) is 48.9 Å². The van der Waals surface area contributed by atoms with Crippen LogP contribution in [0.1, 0.15) is 84.4 Å².